The van der Waals surface area contributed by atoms with Crippen LogP contribution in [0.3, 0.4) is 0 Å². The summed E-state index contributed by atoms with van der Waals surface area (Å²) in [5, 5.41) is 3.84. The summed E-state index contributed by atoms with van der Waals surface area (Å²) in [6, 6.07) is 9.91. The van der Waals surface area contributed by atoms with Crippen LogP contribution in [0.4, 0.5) is 5.69 Å². The van der Waals surface area contributed by atoms with E-state index in [4.69, 9.17) is 0 Å². The lowest BCUT2D eigenvalue weighted by atomic mass is 9.99. The monoisotopic (exact) mass is 343 g/mol. The van der Waals surface area contributed by atoms with Crippen LogP contribution >= 0.6 is 0 Å². The number of piperidine rings is 2. The zero-order valence-electron chi connectivity index (χ0n) is 16.0. The maximum absolute atomic E-state index is 12.3. The number of hydrogen-bond acceptors (Lipinski definition) is 3. The van der Waals surface area contributed by atoms with Gasteiger partial charge in [0.05, 0.1) is 0 Å². The lowest BCUT2D eigenvalue weighted by Gasteiger charge is -2.39. The van der Waals surface area contributed by atoms with Crippen molar-refractivity contribution < 1.29 is 4.79 Å². The molecule has 2 aliphatic heterocycles. The first kappa shape index (κ1) is 18.2. The molecule has 2 fully saturated rings. The number of rotatable bonds is 4. The Labute approximate surface area is 152 Å². The molecule has 2 heterocycles. The number of amides is 1. The predicted octanol–water partition coefficient (Wildman–Crippen LogP) is 3.20. The molecule has 0 aliphatic carbocycles. The molecular formula is C21H33N3O. The van der Waals surface area contributed by atoms with Crippen LogP contribution in [0.2, 0.25) is 0 Å². The summed E-state index contributed by atoms with van der Waals surface area (Å²) < 4.78 is 0. The number of hydrogen-bond donors (Lipinski definition) is 1. The van der Waals surface area contributed by atoms with Gasteiger partial charge in [0.15, 0.2) is 0 Å². The van der Waals surface area contributed by atoms with Gasteiger partial charge in [-0.3, -0.25) is 4.79 Å². The third kappa shape index (κ3) is 4.75. The van der Waals surface area contributed by atoms with Crippen molar-refractivity contribution in [3.05, 3.63) is 29.8 Å². The molecule has 0 radical (unpaired) electrons. The lowest BCUT2D eigenvalue weighted by Crippen LogP contribution is -2.53. The maximum Gasteiger partial charge on any atom is 0.225 e. The molecule has 1 N–H and O–H groups in total. The third-order valence-corrected chi connectivity index (χ3v) is 5.59. The van der Waals surface area contributed by atoms with Crippen molar-refractivity contribution in [1.29, 1.82) is 0 Å². The first-order valence-corrected chi connectivity index (χ1v) is 9.89. The highest BCUT2D eigenvalue weighted by Crippen LogP contribution is 2.22. The Hall–Kier alpha value is -1.55. The SMILES string of the molecule is Cc1ccc(N2CCC(NC3CCCN(C(=O)C(C)C)C3)CC2)cc1. The van der Waals surface area contributed by atoms with E-state index in [0.717, 1.165) is 32.6 Å². The van der Waals surface area contributed by atoms with Gasteiger partial charge in [0.2, 0.25) is 5.91 Å². The van der Waals surface area contributed by atoms with E-state index in [1.165, 1.54) is 30.5 Å². The number of carbonyl (C=O) groups excluding carboxylic acids is 1. The lowest BCUT2D eigenvalue weighted by molar-refractivity contribution is -0.135. The molecule has 1 unspecified atom stereocenters. The molecule has 0 spiro atoms. The van der Waals surface area contributed by atoms with Crippen molar-refractivity contribution in [1.82, 2.24) is 10.2 Å². The topological polar surface area (TPSA) is 35.6 Å². The largest absolute Gasteiger partial charge is 0.371 e. The van der Waals surface area contributed by atoms with Crippen LogP contribution in [0.15, 0.2) is 24.3 Å². The third-order valence-electron chi connectivity index (χ3n) is 5.59. The van der Waals surface area contributed by atoms with E-state index in [-0.39, 0.29) is 5.92 Å². The molecule has 1 aromatic carbocycles. The molecular weight excluding hydrogens is 310 g/mol. The fourth-order valence-electron chi connectivity index (χ4n) is 4.07. The Balaban J connectivity index is 1.47. The van der Waals surface area contributed by atoms with Gasteiger partial charge in [-0.05, 0) is 44.7 Å². The first-order valence-electron chi connectivity index (χ1n) is 9.89. The van der Waals surface area contributed by atoms with Crippen LogP contribution in [0.25, 0.3) is 0 Å². The predicted molar refractivity (Wildman–Crippen MR) is 104 cm³/mol. The summed E-state index contributed by atoms with van der Waals surface area (Å²) in [5.74, 6) is 0.414. The van der Waals surface area contributed by atoms with E-state index in [1.807, 2.05) is 13.8 Å². The molecule has 2 aliphatic rings. The molecule has 0 aromatic heterocycles. The van der Waals surface area contributed by atoms with Crippen molar-refractivity contribution >= 4 is 11.6 Å². The standard InChI is InChI=1S/C21H33N3O/c1-16(2)21(25)24-12-4-5-19(15-24)22-18-10-13-23(14-11-18)20-8-6-17(3)7-9-20/h6-9,16,18-19,22H,4-5,10-15H2,1-3H3. The van der Waals surface area contributed by atoms with Gasteiger partial charge in [-0.1, -0.05) is 31.5 Å². The Bertz CT molecular complexity index is 561. The minimum Gasteiger partial charge on any atom is -0.371 e. The number of likely N-dealkylation sites (tertiary alicyclic amines) is 1. The van der Waals surface area contributed by atoms with Crippen LogP contribution in [-0.4, -0.2) is 49.1 Å². The van der Waals surface area contributed by atoms with Gasteiger partial charge >= 0.3 is 0 Å². The Morgan fingerprint density at radius 3 is 2.36 bits per heavy atom. The van der Waals surface area contributed by atoms with Crippen molar-refractivity contribution in [3.8, 4) is 0 Å². The van der Waals surface area contributed by atoms with Gasteiger partial charge in [-0.25, -0.2) is 0 Å². The molecule has 0 saturated carbocycles. The molecule has 1 amide bonds. The number of nitrogens with one attached hydrogen (secondary N) is 1. The number of carbonyl (C=O) groups is 1. The van der Waals surface area contributed by atoms with E-state index in [0.29, 0.717) is 18.0 Å². The maximum atomic E-state index is 12.3. The summed E-state index contributed by atoms with van der Waals surface area (Å²) in [4.78, 5) is 16.8. The molecule has 138 valence electrons. The van der Waals surface area contributed by atoms with E-state index < -0.39 is 0 Å². The minimum absolute atomic E-state index is 0.108. The van der Waals surface area contributed by atoms with Crippen molar-refractivity contribution in [2.24, 2.45) is 5.92 Å². The van der Waals surface area contributed by atoms with Crippen LogP contribution in [0.1, 0.15) is 45.1 Å². The highest BCUT2D eigenvalue weighted by atomic mass is 16.2. The van der Waals surface area contributed by atoms with Crippen LogP contribution in [-0.2, 0) is 4.79 Å². The van der Waals surface area contributed by atoms with Crippen molar-refractivity contribution in [2.75, 3.05) is 31.1 Å². The van der Waals surface area contributed by atoms with E-state index in [1.54, 1.807) is 0 Å². The van der Waals surface area contributed by atoms with Crippen LogP contribution in [0.5, 0.6) is 0 Å². The quantitative estimate of drug-likeness (QED) is 0.912. The Morgan fingerprint density at radius 1 is 1.04 bits per heavy atom. The van der Waals surface area contributed by atoms with Crippen LogP contribution in [0, 0.1) is 12.8 Å². The van der Waals surface area contributed by atoms with E-state index in [9.17, 15) is 4.79 Å². The summed E-state index contributed by atoms with van der Waals surface area (Å²) >= 11 is 0. The molecule has 25 heavy (non-hydrogen) atoms. The second-order valence-electron chi connectivity index (χ2n) is 8.04. The molecule has 1 aromatic rings. The average Bonchev–Trinajstić information content (AvgIpc) is 2.62. The smallest absolute Gasteiger partial charge is 0.225 e. The number of anilines is 1. The normalized spacial score (nSPS) is 22.5. The van der Waals surface area contributed by atoms with Gasteiger partial charge < -0.3 is 15.1 Å². The van der Waals surface area contributed by atoms with Crippen LogP contribution < -0.4 is 10.2 Å². The molecule has 4 nitrogen and oxygen atoms in total. The van der Waals surface area contributed by atoms with Crippen molar-refractivity contribution in [3.63, 3.8) is 0 Å². The summed E-state index contributed by atoms with van der Waals surface area (Å²) in [5.41, 5.74) is 2.66. The van der Waals surface area contributed by atoms with Gasteiger partial charge in [-0.15, -0.1) is 0 Å². The average molecular weight is 344 g/mol. The molecule has 0 bridgehead atoms. The molecule has 1 atom stereocenters. The van der Waals surface area contributed by atoms with Gasteiger partial charge in [0, 0.05) is 49.9 Å². The number of benzene rings is 1. The highest BCUT2D eigenvalue weighted by molar-refractivity contribution is 5.78. The summed E-state index contributed by atoms with van der Waals surface area (Å²) in [7, 11) is 0. The molecule has 4 heteroatoms. The van der Waals surface area contributed by atoms with Crippen molar-refractivity contribution in [2.45, 2.75) is 58.5 Å². The highest BCUT2D eigenvalue weighted by Gasteiger charge is 2.28. The van der Waals surface area contributed by atoms with Gasteiger partial charge in [0.25, 0.3) is 0 Å². The zero-order valence-corrected chi connectivity index (χ0v) is 16.0. The fourth-order valence-corrected chi connectivity index (χ4v) is 4.07. The zero-order chi connectivity index (χ0) is 17.8. The summed E-state index contributed by atoms with van der Waals surface area (Å²) in [6.45, 7) is 10.2. The first-order chi connectivity index (χ1) is 12.0. The van der Waals surface area contributed by atoms with E-state index >= 15 is 0 Å². The van der Waals surface area contributed by atoms with Gasteiger partial charge in [0.1, 0.15) is 0 Å². The summed E-state index contributed by atoms with van der Waals surface area (Å²) in [6.07, 6.45) is 4.68. The van der Waals surface area contributed by atoms with Gasteiger partial charge in [-0.2, -0.15) is 0 Å². The Kier molecular flexibility index (Phi) is 6.00. The number of nitrogens with zero attached hydrogens (tertiary/aromatic N) is 2. The molecule has 2 saturated heterocycles. The Morgan fingerprint density at radius 2 is 1.72 bits per heavy atom. The minimum atomic E-state index is 0.108. The van der Waals surface area contributed by atoms with E-state index in [2.05, 4.69) is 46.3 Å². The number of aryl methyl sites for hydroxylation is 1. The fraction of sp³-hybridized carbons (Fsp3) is 0.667. The second kappa shape index (κ2) is 8.22. The molecule has 3 rings (SSSR count). The second-order valence-corrected chi connectivity index (χ2v) is 8.04.